The molecule has 0 aromatic carbocycles. The second kappa shape index (κ2) is 4.70. The van der Waals surface area contributed by atoms with Gasteiger partial charge in [0.05, 0.1) is 6.10 Å². The molecule has 1 aliphatic rings. The van der Waals surface area contributed by atoms with Crippen LogP contribution in [0.2, 0.25) is 0 Å². The van der Waals surface area contributed by atoms with Crippen LogP contribution in [-0.2, 0) is 4.74 Å². The van der Waals surface area contributed by atoms with E-state index in [2.05, 4.69) is 12.2 Å². The van der Waals surface area contributed by atoms with Gasteiger partial charge in [0.2, 0.25) is 0 Å². The number of aliphatic hydroxyl groups excluding tert-OH is 1. The standard InChI is InChI=1S/C8H17NO2/c1-7-8(3-6-11-7)9-4-2-5-10/h7-10H,2-6H2,1H3/t7-,8-/m1/s1. The van der Waals surface area contributed by atoms with Gasteiger partial charge in [-0.1, -0.05) is 0 Å². The molecule has 1 rings (SSSR count). The maximum absolute atomic E-state index is 8.53. The number of nitrogens with one attached hydrogen (secondary N) is 1. The molecule has 0 aromatic heterocycles. The van der Waals surface area contributed by atoms with Crippen LogP contribution in [0.3, 0.4) is 0 Å². The Hall–Kier alpha value is -0.120. The van der Waals surface area contributed by atoms with Crippen molar-refractivity contribution in [2.24, 2.45) is 0 Å². The second-order valence-electron chi connectivity index (χ2n) is 3.00. The van der Waals surface area contributed by atoms with Crippen LogP contribution in [0.1, 0.15) is 19.8 Å². The molecule has 0 aromatic rings. The summed E-state index contributed by atoms with van der Waals surface area (Å²) in [5.74, 6) is 0. The molecule has 0 aliphatic carbocycles. The zero-order valence-electron chi connectivity index (χ0n) is 7.05. The molecule has 1 heterocycles. The number of hydrogen-bond donors (Lipinski definition) is 2. The van der Waals surface area contributed by atoms with Crippen molar-refractivity contribution in [3.8, 4) is 0 Å². The Morgan fingerprint density at radius 1 is 1.64 bits per heavy atom. The molecule has 0 unspecified atom stereocenters. The highest BCUT2D eigenvalue weighted by atomic mass is 16.5. The molecule has 0 radical (unpaired) electrons. The van der Waals surface area contributed by atoms with Crippen molar-refractivity contribution in [1.82, 2.24) is 5.32 Å². The van der Waals surface area contributed by atoms with Gasteiger partial charge < -0.3 is 15.2 Å². The molecule has 1 fully saturated rings. The van der Waals surface area contributed by atoms with E-state index < -0.39 is 0 Å². The first-order chi connectivity index (χ1) is 5.34. The number of rotatable bonds is 4. The summed E-state index contributed by atoms with van der Waals surface area (Å²) in [5, 5.41) is 11.9. The lowest BCUT2D eigenvalue weighted by Gasteiger charge is -2.14. The first-order valence-electron chi connectivity index (χ1n) is 4.30. The minimum Gasteiger partial charge on any atom is -0.396 e. The molecule has 3 nitrogen and oxygen atoms in total. The van der Waals surface area contributed by atoms with Gasteiger partial charge in [-0.05, 0) is 26.3 Å². The lowest BCUT2D eigenvalue weighted by atomic mass is 10.1. The van der Waals surface area contributed by atoms with Crippen molar-refractivity contribution in [3.63, 3.8) is 0 Å². The second-order valence-corrected chi connectivity index (χ2v) is 3.00. The van der Waals surface area contributed by atoms with Crippen LogP contribution in [0.25, 0.3) is 0 Å². The van der Waals surface area contributed by atoms with E-state index >= 15 is 0 Å². The van der Waals surface area contributed by atoms with Gasteiger partial charge in [0.1, 0.15) is 0 Å². The number of aliphatic hydroxyl groups is 1. The van der Waals surface area contributed by atoms with E-state index in [1.54, 1.807) is 0 Å². The molecule has 2 N–H and O–H groups in total. The summed E-state index contributed by atoms with van der Waals surface area (Å²) in [5.41, 5.74) is 0. The average Bonchev–Trinajstić information content (AvgIpc) is 2.37. The van der Waals surface area contributed by atoms with E-state index in [4.69, 9.17) is 9.84 Å². The Kier molecular flexibility index (Phi) is 3.83. The lowest BCUT2D eigenvalue weighted by molar-refractivity contribution is 0.113. The monoisotopic (exact) mass is 159 g/mol. The molecule has 1 aliphatic heterocycles. The van der Waals surface area contributed by atoms with Gasteiger partial charge in [0.15, 0.2) is 0 Å². The van der Waals surface area contributed by atoms with Crippen LogP contribution in [0, 0.1) is 0 Å². The van der Waals surface area contributed by atoms with Gasteiger partial charge in [0.25, 0.3) is 0 Å². The summed E-state index contributed by atoms with van der Waals surface area (Å²) in [4.78, 5) is 0. The summed E-state index contributed by atoms with van der Waals surface area (Å²) >= 11 is 0. The molecule has 3 heteroatoms. The normalized spacial score (nSPS) is 31.1. The van der Waals surface area contributed by atoms with Gasteiger partial charge >= 0.3 is 0 Å². The Morgan fingerprint density at radius 2 is 2.45 bits per heavy atom. The van der Waals surface area contributed by atoms with Crippen molar-refractivity contribution in [1.29, 1.82) is 0 Å². The molecule has 66 valence electrons. The first-order valence-corrected chi connectivity index (χ1v) is 4.30. The van der Waals surface area contributed by atoms with Gasteiger partial charge in [-0.25, -0.2) is 0 Å². The van der Waals surface area contributed by atoms with Crippen LogP contribution in [0.4, 0.5) is 0 Å². The maximum atomic E-state index is 8.53. The van der Waals surface area contributed by atoms with E-state index in [0.29, 0.717) is 12.1 Å². The van der Waals surface area contributed by atoms with Gasteiger partial charge in [-0.2, -0.15) is 0 Å². The molecule has 2 atom stereocenters. The van der Waals surface area contributed by atoms with Crippen molar-refractivity contribution in [3.05, 3.63) is 0 Å². The summed E-state index contributed by atoms with van der Waals surface area (Å²) in [6, 6.07) is 0.501. The fraction of sp³-hybridized carbons (Fsp3) is 1.00. The smallest absolute Gasteiger partial charge is 0.0700 e. The average molecular weight is 159 g/mol. The maximum Gasteiger partial charge on any atom is 0.0700 e. The highest BCUT2D eigenvalue weighted by Crippen LogP contribution is 2.11. The summed E-state index contributed by atoms with van der Waals surface area (Å²) in [6.45, 7) is 4.13. The number of hydrogen-bond acceptors (Lipinski definition) is 3. The van der Waals surface area contributed by atoms with Crippen LogP contribution >= 0.6 is 0 Å². The highest BCUT2D eigenvalue weighted by Gasteiger charge is 2.22. The van der Waals surface area contributed by atoms with Crippen LogP contribution in [0.15, 0.2) is 0 Å². The molecular weight excluding hydrogens is 142 g/mol. The fourth-order valence-corrected chi connectivity index (χ4v) is 1.37. The van der Waals surface area contributed by atoms with E-state index in [9.17, 15) is 0 Å². The van der Waals surface area contributed by atoms with Crippen molar-refractivity contribution in [2.45, 2.75) is 31.9 Å². The minimum absolute atomic E-state index is 0.273. The zero-order chi connectivity index (χ0) is 8.10. The number of ether oxygens (including phenoxy) is 1. The lowest BCUT2D eigenvalue weighted by Crippen LogP contribution is -2.35. The fourth-order valence-electron chi connectivity index (χ4n) is 1.37. The molecule has 11 heavy (non-hydrogen) atoms. The topological polar surface area (TPSA) is 41.5 Å². The predicted octanol–water partition coefficient (Wildman–Crippen LogP) is 0.136. The van der Waals surface area contributed by atoms with Gasteiger partial charge in [-0.3, -0.25) is 0 Å². The van der Waals surface area contributed by atoms with Crippen molar-refractivity contribution in [2.75, 3.05) is 19.8 Å². The minimum atomic E-state index is 0.273. The highest BCUT2D eigenvalue weighted by molar-refractivity contribution is 4.78. The van der Waals surface area contributed by atoms with E-state index in [0.717, 1.165) is 26.0 Å². The molecule has 0 spiro atoms. The van der Waals surface area contributed by atoms with E-state index in [-0.39, 0.29) is 6.61 Å². The van der Waals surface area contributed by atoms with Crippen molar-refractivity contribution < 1.29 is 9.84 Å². The van der Waals surface area contributed by atoms with E-state index in [1.807, 2.05) is 0 Å². The Balaban J connectivity index is 2.05. The first kappa shape index (κ1) is 8.97. The third kappa shape index (κ3) is 2.77. The van der Waals surface area contributed by atoms with Crippen molar-refractivity contribution >= 4 is 0 Å². The van der Waals surface area contributed by atoms with Gasteiger partial charge in [-0.15, -0.1) is 0 Å². The van der Waals surface area contributed by atoms with Crippen LogP contribution in [-0.4, -0.2) is 37.0 Å². The molecule has 0 bridgehead atoms. The largest absolute Gasteiger partial charge is 0.396 e. The zero-order valence-corrected chi connectivity index (χ0v) is 7.05. The van der Waals surface area contributed by atoms with E-state index in [1.165, 1.54) is 0 Å². The molecule has 1 saturated heterocycles. The Morgan fingerprint density at radius 3 is 3.00 bits per heavy atom. The summed E-state index contributed by atoms with van der Waals surface area (Å²) in [6.07, 6.45) is 2.28. The molecular formula is C8H17NO2. The SMILES string of the molecule is C[C@H]1OCC[C@H]1NCCCO. The Bertz CT molecular complexity index is 108. The third-order valence-corrected chi connectivity index (χ3v) is 2.12. The summed E-state index contributed by atoms with van der Waals surface area (Å²) in [7, 11) is 0. The molecule has 0 amide bonds. The quantitative estimate of drug-likeness (QED) is 0.573. The van der Waals surface area contributed by atoms with Crippen LogP contribution in [0.5, 0.6) is 0 Å². The predicted molar refractivity (Wildman–Crippen MR) is 43.5 cm³/mol. The summed E-state index contributed by atoms with van der Waals surface area (Å²) < 4.78 is 5.37. The van der Waals surface area contributed by atoms with Crippen LogP contribution < -0.4 is 5.32 Å². The van der Waals surface area contributed by atoms with Gasteiger partial charge in [0, 0.05) is 19.3 Å². The third-order valence-electron chi connectivity index (χ3n) is 2.12. The molecule has 0 saturated carbocycles. The Labute approximate surface area is 67.7 Å².